The summed E-state index contributed by atoms with van der Waals surface area (Å²) in [7, 11) is 0. The SMILES string of the molecule is Cc1ccc(CC(=O)OCC(=O)NNC(=O)c2ccccc2Br)cc1. The third-order valence-corrected chi connectivity index (χ3v) is 3.96. The number of amides is 2. The summed E-state index contributed by atoms with van der Waals surface area (Å²) < 4.78 is 5.49. The van der Waals surface area contributed by atoms with Crippen molar-refractivity contribution >= 4 is 33.7 Å². The smallest absolute Gasteiger partial charge is 0.310 e. The summed E-state index contributed by atoms with van der Waals surface area (Å²) in [6, 6.07) is 14.2. The van der Waals surface area contributed by atoms with Crippen LogP contribution in [0.15, 0.2) is 53.0 Å². The van der Waals surface area contributed by atoms with E-state index in [9.17, 15) is 14.4 Å². The van der Waals surface area contributed by atoms with Gasteiger partial charge in [0.05, 0.1) is 12.0 Å². The highest BCUT2D eigenvalue weighted by Crippen LogP contribution is 2.15. The minimum absolute atomic E-state index is 0.0802. The first kappa shape index (κ1) is 18.7. The molecule has 7 heteroatoms. The Kier molecular flexibility index (Phi) is 6.71. The topological polar surface area (TPSA) is 84.5 Å². The zero-order valence-corrected chi connectivity index (χ0v) is 15.1. The molecule has 0 aliphatic heterocycles. The first-order valence-corrected chi connectivity index (χ1v) is 8.30. The Morgan fingerprint density at radius 3 is 2.36 bits per heavy atom. The highest BCUT2D eigenvalue weighted by Gasteiger charge is 2.12. The molecule has 2 aromatic carbocycles. The minimum Gasteiger partial charge on any atom is -0.455 e. The average Bonchev–Trinajstić information content (AvgIpc) is 2.60. The third-order valence-electron chi connectivity index (χ3n) is 3.27. The van der Waals surface area contributed by atoms with E-state index in [-0.39, 0.29) is 6.42 Å². The monoisotopic (exact) mass is 404 g/mol. The van der Waals surface area contributed by atoms with Crippen LogP contribution in [0, 0.1) is 6.92 Å². The Hall–Kier alpha value is -2.67. The van der Waals surface area contributed by atoms with Crippen LogP contribution in [0.1, 0.15) is 21.5 Å². The molecule has 0 aromatic heterocycles. The largest absolute Gasteiger partial charge is 0.455 e. The number of ether oxygens (including phenoxy) is 1. The van der Waals surface area contributed by atoms with Gasteiger partial charge in [-0.1, -0.05) is 42.0 Å². The molecule has 0 atom stereocenters. The number of benzene rings is 2. The van der Waals surface area contributed by atoms with Crippen molar-refractivity contribution < 1.29 is 19.1 Å². The van der Waals surface area contributed by atoms with Gasteiger partial charge in [-0.05, 0) is 40.5 Å². The van der Waals surface area contributed by atoms with Crippen LogP contribution in [0.3, 0.4) is 0 Å². The number of carbonyl (C=O) groups is 3. The van der Waals surface area contributed by atoms with Crippen molar-refractivity contribution in [1.29, 1.82) is 0 Å². The number of nitrogens with one attached hydrogen (secondary N) is 2. The molecule has 0 saturated heterocycles. The second-order valence-corrected chi connectivity index (χ2v) is 6.16. The highest BCUT2D eigenvalue weighted by atomic mass is 79.9. The van der Waals surface area contributed by atoms with Gasteiger partial charge in [-0.15, -0.1) is 0 Å². The Labute approximate surface area is 153 Å². The van der Waals surface area contributed by atoms with Gasteiger partial charge < -0.3 is 4.74 Å². The number of esters is 1. The van der Waals surface area contributed by atoms with Crippen molar-refractivity contribution in [2.45, 2.75) is 13.3 Å². The van der Waals surface area contributed by atoms with Gasteiger partial charge in [0.15, 0.2) is 6.61 Å². The van der Waals surface area contributed by atoms with E-state index in [1.807, 2.05) is 31.2 Å². The maximum atomic E-state index is 11.9. The number of carbonyl (C=O) groups excluding carboxylic acids is 3. The van der Waals surface area contributed by atoms with Gasteiger partial charge in [-0.2, -0.15) is 0 Å². The normalized spacial score (nSPS) is 10.0. The second-order valence-electron chi connectivity index (χ2n) is 5.31. The van der Waals surface area contributed by atoms with E-state index < -0.39 is 24.4 Å². The van der Waals surface area contributed by atoms with Gasteiger partial charge in [0.1, 0.15) is 0 Å². The van der Waals surface area contributed by atoms with Crippen molar-refractivity contribution in [2.75, 3.05) is 6.61 Å². The van der Waals surface area contributed by atoms with Crippen LogP contribution in [0.2, 0.25) is 0 Å². The van der Waals surface area contributed by atoms with Crippen molar-refractivity contribution in [3.05, 3.63) is 69.7 Å². The van der Waals surface area contributed by atoms with Crippen molar-refractivity contribution in [1.82, 2.24) is 10.9 Å². The maximum absolute atomic E-state index is 11.9. The first-order valence-electron chi connectivity index (χ1n) is 7.50. The van der Waals surface area contributed by atoms with E-state index in [0.29, 0.717) is 10.0 Å². The van der Waals surface area contributed by atoms with Crippen LogP contribution in [0.25, 0.3) is 0 Å². The molecule has 2 amide bonds. The molecule has 0 spiro atoms. The molecule has 0 unspecified atom stereocenters. The molecule has 25 heavy (non-hydrogen) atoms. The number of aryl methyl sites for hydroxylation is 1. The highest BCUT2D eigenvalue weighted by molar-refractivity contribution is 9.10. The van der Waals surface area contributed by atoms with E-state index in [0.717, 1.165) is 11.1 Å². The predicted octanol–water partition coefficient (Wildman–Crippen LogP) is 2.30. The van der Waals surface area contributed by atoms with Gasteiger partial charge in [-0.25, -0.2) is 0 Å². The fourth-order valence-corrected chi connectivity index (χ4v) is 2.41. The molecule has 0 radical (unpaired) electrons. The fourth-order valence-electron chi connectivity index (χ4n) is 1.94. The van der Waals surface area contributed by atoms with Gasteiger partial charge in [0.25, 0.3) is 11.8 Å². The van der Waals surface area contributed by atoms with E-state index in [2.05, 4.69) is 26.8 Å². The van der Waals surface area contributed by atoms with Crippen LogP contribution < -0.4 is 10.9 Å². The van der Waals surface area contributed by atoms with Crippen LogP contribution in [-0.2, 0) is 20.7 Å². The molecule has 130 valence electrons. The summed E-state index contributed by atoms with van der Waals surface area (Å²) in [5.41, 5.74) is 6.73. The third kappa shape index (κ3) is 6.04. The molecule has 0 bridgehead atoms. The minimum atomic E-state index is -0.627. The predicted molar refractivity (Wildman–Crippen MR) is 95.6 cm³/mol. The zero-order valence-electron chi connectivity index (χ0n) is 13.5. The lowest BCUT2D eigenvalue weighted by Crippen LogP contribution is -2.43. The molecule has 2 rings (SSSR count). The molecular formula is C18H17BrN2O4. The molecule has 0 saturated carbocycles. The van der Waals surface area contributed by atoms with Gasteiger partial charge in [-0.3, -0.25) is 25.2 Å². The molecule has 0 heterocycles. The molecule has 0 fully saturated rings. The number of hydrazine groups is 1. The number of hydrogen-bond acceptors (Lipinski definition) is 4. The molecule has 2 N–H and O–H groups in total. The van der Waals surface area contributed by atoms with Crippen molar-refractivity contribution in [3.8, 4) is 0 Å². The number of hydrogen-bond donors (Lipinski definition) is 2. The summed E-state index contributed by atoms with van der Waals surface area (Å²) in [4.78, 5) is 35.3. The van der Waals surface area contributed by atoms with Crippen LogP contribution in [-0.4, -0.2) is 24.4 Å². The van der Waals surface area contributed by atoms with Crippen molar-refractivity contribution in [3.63, 3.8) is 0 Å². The molecule has 0 aliphatic carbocycles. The van der Waals surface area contributed by atoms with Crippen LogP contribution in [0.5, 0.6) is 0 Å². The standard InChI is InChI=1S/C18H17BrN2O4/c1-12-6-8-13(9-7-12)10-17(23)25-11-16(22)20-21-18(24)14-4-2-3-5-15(14)19/h2-9H,10-11H2,1H3,(H,20,22)(H,21,24). The summed E-state index contributed by atoms with van der Waals surface area (Å²) in [5.74, 6) is -1.62. The lowest BCUT2D eigenvalue weighted by molar-refractivity contribution is -0.148. The maximum Gasteiger partial charge on any atom is 0.310 e. The van der Waals surface area contributed by atoms with E-state index >= 15 is 0 Å². The van der Waals surface area contributed by atoms with E-state index in [4.69, 9.17) is 4.74 Å². The molecular weight excluding hydrogens is 388 g/mol. The first-order chi connectivity index (χ1) is 12.0. The molecule has 6 nitrogen and oxygen atoms in total. The summed E-state index contributed by atoms with van der Waals surface area (Å²) >= 11 is 3.25. The van der Waals surface area contributed by atoms with Crippen LogP contribution in [0.4, 0.5) is 0 Å². The molecule has 2 aromatic rings. The summed E-state index contributed by atoms with van der Waals surface area (Å²) in [5, 5.41) is 0. The van der Waals surface area contributed by atoms with Gasteiger partial charge >= 0.3 is 5.97 Å². The van der Waals surface area contributed by atoms with Crippen molar-refractivity contribution in [2.24, 2.45) is 0 Å². The average molecular weight is 405 g/mol. The fraction of sp³-hybridized carbons (Fsp3) is 0.167. The van der Waals surface area contributed by atoms with Crippen LogP contribution >= 0.6 is 15.9 Å². The second kappa shape index (κ2) is 8.98. The molecule has 0 aliphatic rings. The Morgan fingerprint density at radius 2 is 1.68 bits per heavy atom. The lowest BCUT2D eigenvalue weighted by atomic mass is 10.1. The van der Waals surface area contributed by atoms with E-state index in [1.54, 1.807) is 24.3 Å². The van der Waals surface area contributed by atoms with E-state index in [1.165, 1.54) is 0 Å². The number of halogens is 1. The quantitative estimate of drug-likeness (QED) is 0.591. The zero-order chi connectivity index (χ0) is 18.2. The Morgan fingerprint density at radius 1 is 1.00 bits per heavy atom. The number of rotatable bonds is 5. The lowest BCUT2D eigenvalue weighted by Gasteiger charge is -2.09. The Bertz CT molecular complexity index is 775. The summed E-state index contributed by atoms with van der Waals surface area (Å²) in [6.07, 6.45) is 0.0802. The Balaban J connectivity index is 1.73. The van der Waals surface area contributed by atoms with Gasteiger partial charge in [0.2, 0.25) is 0 Å². The summed E-state index contributed by atoms with van der Waals surface area (Å²) in [6.45, 7) is 1.48. The van der Waals surface area contributed by atoms with Gasteiger partial charge in [0, 0.05) is 4.47 Å².